The van der Waals surface area contributed by atoms with Gasteiger partial charge in [-0.1, -0.05) is 13.8 Å². The number of nitrogens with zero attached hydrogens (tertiary/aromatic N) is 2. The number of hydrogen-bond acceptors (Lipinski definition) is 7. The van der Waals surface area contributed by atoms with Gasteiger partial charge in [-0.2, -0.15) is 0 Å². The van der Waals surface area contributed by atoms with Crippen LogP contribution in [0.25, 0.3) is 0 Å². The minimum atomic E-state index is -1.15. The van der Waals surface area contributed by atoms with Crippen molar-refractivity contribution in [1.82, 2.24) is 9.80 Å². The molecule has 1 saturated carbocycles. The van der Waals surface area contributed by atoms with Crippen molar-refractivity contribution in [1.29, 1.82) is 0 Å². The highest BCUT2D eigenvalue weighted by atomic mass is 16.5. The molecule has 5 rings (SSSR count). The Bertz CT molecular complexity index is 1010. The molecule has 3 aliphatic heterocycles. The minimum absolute atomic E-state index is 0.0323. The Labute approximate surface area is 211 Å². The summed E-state index contributed by atoms with van der Waals surface area (Å²) >= 11 is 0. The van der Waals surface area contributed by atoms with Gasteiger partial charge < -0.3 is 28.4 Å². The van der Waals surface area contributed by atoms with Crippen LogP contribution in [0.3, 0.4) is 0 Å². The van der Waals surface area contributed by atoms with Crippen molar-refractivity contribution in [3.05, 3.63) is 35.9 Å². The third-order valence-corrected chi connectivity index (χ3v) is 7.98. The number of carbonyl (C=O) groups is 3. The average Bonchev–Trinajstić information content (AvgIpc) is 3.60. The van der Waals surface area contributed by atoms with E-state index in [1.807, 2.05) is 12.1 Å². The minimum Gasteiger partial charge on any atom is -0.468 e. The van der Waals surface area contributed by atoms with Crippen molar-refractivity contribution in [3.63, 3.8) is 0 Å². The van der Waals surface area contributed by atoms with Gasteiger partial charge in [0.25, 0.3) is 0 Å². The lowest BCUT2D eigenvalue weighted by Crippen LogP contribution is -2.61. The first-order chi connectivity index (χ1) is 17.3. The number of piperidine rings is 1. The molecule has 36 heavy (non-hydrogen) atoms. The molecule has 1 aromatic heterocycles. The zero-order valence-electron chi connectivity index (χ0n) is 21.3. The summed E-state index contributed by atoms with van der Waals surface area (Å²) in [6.45, 7) is 6.31. The highest BCUT2D eigenvalue weighted by Gasteiger charge is 2.64. The van der Waals surface area contributed by atoms with Crippen molar-refractivity contribution in [2.75, 3.05) is 33.4 Å². The molecular weight excluding hydrogens is 464 g/mol. The van der Waals surface area contributed by atoms with Crippen molar-refractivity contribution >= 4 is 17.8 Å². The third kappa shape index (κ3) is 4.47. The fraction of sp³-hybridized carbons (Fsp3) is 0.667. The van der Waals surface area contributed by atoms with Gasteiger partial charge in [0.15, 0.2) is 0 Å². The van der Waals surface area contributed by atoms with E-state index in [-0.39, 0.29) is 49.1 Å². The van der Waals surface area contributed by atoms with E-state index in [1.165, 1.54) is 7.11 Å². The first-order valence-corrected chi connectivity index (χ1v) is 13.0. The van der Waals surface area contributed by atoms with Crippen LogP contribution in [0.4, 0.5) is 0 Å². The summed E-state index contributed by atoms with van der Waals surface area (Å²) in [5, 5.41) is 0. The van der Waals surface area contributed by atoms with E-state index >= 15 is 0 Å². The summed E-state index contributed by atoms with van der Waals surface area (Å²) in [4.78, 5) is 44.3. The molecule has 3 fully saturated rings. The lowest BCUT2D eigenvalue weighted by molar-refractivity contribution is -0.182. The number of hydrogen-bond donors (Lipinski definition) is 0. The number of ether oxygens (including phenoxy) is 3. The predicted molar refractivity (Wildman–Crippen MR) is 128 cm³/mol. The molecule has 0 aromatic carbocycles. The number of amides is 2. The van der Waals surface area contributed by atoms with Gasteiger partial charge in [0.1, 0.15) is 11.2 Å². The van der Waals surface area contributed by atoms with Gasteiger partial charge in [-0.3, -0.25) is 14.4 Å². The van der Waals surface area contributed by atoms with E-state index in [0.29, 0.717) is 37.8 Å². The average molecular weight is 501 g/mol. The first-order valence-electron chi connectivity index (χ1n) is 13.0. The molecular formula is C27H36N2O7. The topological polar surface area (TPSA) is 98.5 Å². The molecule has 4 atom stereocenters. The van der Waals surface area contributed by atoms with E-state index in [9.17, 15) is 14.4 Å². The Morgan fingerprint density at radius 2 is 1.97 bits per heavy atom. The van der Waals surface area contributed by atoms with Crippen molar-refractivity contribution in [2.24, 2.45) is 23.2 Å². The quantitative estimate of drug-likeness (QED) is 0.531. The normalized spacial score (nSPS) is 30.7. The summed E-state index contributed by atoms with van der Waals surface area (Å²) in [7, 11) is 1.38. The Hall–Kier alpha value is -2.65. The molecule has 2 saturated heterocycles. The van der Waals surface area contributed by atoms with Crippen LogP contribution in [-0.2, 0) is 35.1 Å². The molecule has 0 bridgehead atoms. The van der Waals surface area contributed by atoms with Crippen LogP contribution in [0.1, 0.15) is 45.3 Å². The Morgan fingerprint density at radius 3 is 2.58 bits per heavy atom. The maximum Gasteiger partial charge on any atom is 0.320 e. The molecule has 1 aromatic rings. The number of furan rings is 1. The maximum absolute atomic E-state index is 14.0. The summed E-state index contributed by atoms with van der Waals surface area (Å²) in [5.74, 6) is -0.363. The highest BCUT2D eigenvalue weighted by molar-refractivity contribution is 5.92. The molecule has 0 radical (unpaired) electrons. The summed E-state index contributed by atoms with van der Waals surface area (Å²) in [6, 6.07) is 3.59. The number of methoxy groups -OCH3 is 1. The molecule has 0 N–H and O–H groups in total. The fourth-order valence-corrected chi connectivity index (χ4v) is 5.92. The van der Waals surface area contributed by atoms with Gasteiger partial charge in [-0.25, -0.2) is 0 Å². The van der Waals surface area contributed by atoms with Gasteiger partial charge in [0.05, 0.1) is 45.3 Å². The Balaban J connectivity index is 1.57. The van der Waals surface area contributed by atoms with Crippen LogP contribution in [0.2, 0.25) is 0 Å². The molecule has 4 aliphatic rings. The number of likely N-dealkylation sites (tertiary alicyclic amines) is 1. The largest absolute Gasteiger partial charge is 0.468 e. The van der Waals surface area contributed by atoms with Crippen molar-refractivity contribution in [2.45, 2.75) is 58.3 Å². The second-order valence-corrected chi connectivity index (χ2v) is 10.7. The van der Waals surface area contributed by atoms with Crippen LogP contribution in [0, 0.1) is 23.2 Å². The second kappa shape index (κ2) is 10.0. The number of rotatable bonds is 7. The van der Waals surface area contributed by atoms with Crippen LogP contribution in [0.5, 0.6) is 0 Å². The monoisotopic (exact) mass is 500 g/mol. The smallest absolute Gasteiger partial charge is 0.320 e. The van der Waals surface area contributed by atoms with Crippen LogP contribution in [-0.4, -0.2) is 73.2 Å². The van der Waals surface area contributed by atoms with E-state index in [1.54, 1.807) is 22.1 Å². The number of carbonyl (C=O) groups excluding carboxylic acids is 3. The fourth-order valence-electron chi connectivity index (χ4n) is 5.92. The molecule has 9 nitrogen and oxygen atoms in total. The Morgan fingerprint density at radius 1 is 1.22 bits per heavy atom. The molecule has 2 amide bonds. The van der Waals surface area contributed by atoms with Crippen LogP contribution in [0.15, 0.2) is 34.6 Å². The molecule has 196 valence electrons. The van der Waals surface area contributed by atoms with E-state index in [2.05, 4.69) is 13.8 Å². The Kier molecular flexibility index (Phi) is 6.96. The second-order valence-electron chi connectivity index (χ2n) is 10.7. The van der Waals surface area contributed by atoms with Crippen LogP contribution >= 0.6 is 0 Å². The zero-order valence-corrected chi connectivity index (χ0v) is 21.3. The molecule has 0 spiro atoms. The number of esters is 1. The van der Waals surface area contributed by atoms with E-state index < -0.39 is 23.4 Å². The van der Waals surface area contributed by atoms with Crippen molar-refractivity contribution < 1.29 is 33.0 Å². The van der Waals surface area contributed by atoms with Crippen molar-refractivity contribution in [3.8, 4) is 0 Å². The summed E-state index contributed by atoms with van der Waals surface area (Å²) in [5.41, 5.74) is -0.523. The number of fused-ring (bicyclic) bond motifs is 1. The predicted octanol–water partition coefficient (Wildman–Crippen LogP) is 2.75. The molecule has 9 heteroatoms. The van der Waals surface area contributed by atoms with E-state index in [0.717, 1.165) is 12.8 Å². The summed E-state index contributed by atoms with van der Waals surface area (Å²) < 4.78 is 23.0. The van der Waals surface area contributed by atoms with E-state index in [4.69, 9.17) is 18.6 Å². The third-order valence-electron chi connectivity index (χ3n) is 7.98. The zero-order chi connectivity index (χ0) is 25.4. The molecule has 4 heterocycles. The number of morpholine rings is 1. The van der Waals surface area contributed by atoms with Crippen LogP contribution < -0.4 is 0 Å². The SMILES string of the molecule is COC(=O)[C@]12C[C@H](CC(=O)N3CCOCC3)C(=O)N(Cc3ccco3)C1=C[C@H](C(C)C)O[C@@H]2C1CC1. The van der Waals surface area contributed by atoms with Gasteiger partial charge in [0.2, 0.25) is 11.8 Å². The highest BCUT2D eigenvalue weighted by Crippen LogP contribution is 2.56. The first kappa shape index (κ1) is 25.0. The van der Waals surface area contributed by atoms with Gasteiger partial charge >= 0.3 is 5.97 Å². The van der Waals surface area contributed by atoms with Gasteiger partial charge in [0, 0.05) is 31.1 Å². The maximum atomic E-state index is 14.0. The lowest BCUT2D eigenvalue weighted by atomic mass is 9.64. The standard InChI is InChI=1S/C27H36N2O7/c1-17(2)21-14-22-27(26(32)33-3,24(36-21)18-6-7-18)15-19(13-23(30)28-8-11-34-12-9-28)25(31)29(22)16-20-5-4-10-35-20/h4-5,10,14,17-19,21,24H,6-9,11-13,15-16H2,1-3H3/t19-,21+,24+,27+/m0/s1. The lowest BCUT2D eigenvalue weighted by Gasteiger charge is -2.53. The molecule has 0 unspecified atom stereocenters. The van der Waals surface area contributed by atoms with Gasteiger partial charge in [-0.15, -0.1) is 0 Å². The van der Waals surface area contributed by atoms with Gasteiger partial charge in [-0.05, 0) is 49.3 Å². The summed E-state index contributed by atoms with van der Waals surface area (Å²) in [6.07, 6.45) is 5.01. The molecule has 1 aliphatic carbocycles.